The van der Waals surface area contributed by atoms with E-state index in [0.717, 1.165) is 29.1 Å². The number of benzene rings is 2. The number of hydrogen-bond donors (Lipinski definition) is 2. The van der Waals surface area contributed by atoms with Crippen molar-refractivity contribution in [3.63, 3.8) is 0 Å². The predicted octanol–water partition coefficient (Wildman–Crippen LogP) is 6.70. The molecule has 0 fully saturated rings. The Balaban J connectivity index is 0.000000209. The molecule has 0 spiro atoms. The van der Waals surface area contributed by atoms with Crippen molar-refractivity contribution in [3.05, 3.63) is 82.0 Å². The number of rotatable bonds is 3. The van der Waals surface area contributed by atoms with Crippen LogP contribution >= 0.6 is 39.5 Å². The van der Waals surface area contributed by atoms with E-state index in [1.807, 2.05) is 13.8 Å². The van der Waals surface area contributed by atoms with Gasteiger partial charge < -0.3 is 10.6 Å². The summed E-state index contributed by atoms with van der Waals surface area (Å²) in [5, 5.41) is 6.56. The van der Waals surface area contributed by atoms with Gasteiger partial charge in [-0.1, -0.05) is 35.7 Å². The number of aromatic nitrogens is 2. The largest absolute Gasteiger partial charge is 0.306 e. The number of nitrogens with zero attached hydrogens (tertiary/aromatic N) is 4. The van der Waals surface area contributed by atoms with Crippen LogP contribution in [-0.4, -0.2) is 43.6 Å². The number of nitrogens with one attached hydrogen (secondary N) is 2. The van der Waals surface area contributed by atoms with Crippen molar-refractivity contribution >= 4 is 61.6 Å². The van der Waals surface area contributed by atoms with Crippen molar-refractivity contribution in [1.82, 2.24) is 20.6 Å². The Kier molecular flexibility index (Phi) is 10.9. The summed E-state index contributed by atoms with van der Waals surface area (Å²) in [5.74, 6) is -0.406. The molecule has 2 amide bonds. The van der Waals surface area contributed by atoms with E-state index in [-0.39, 0.29) is 28.9 Å². The molecule has 3 aromatic rings. The fraction of sp³-hybridized carbons (Fsp3) is 0.333. The minimum atomic E-state index is -0.828. The second kappa shape index (κ2) is 14.2. The average Bonchev–Trinajstić information content (AvgIpc) is 2.95. The van der Waals surface area contributed by atoms with Crippen LogP contribution in [0.1, 0.15) is 51.7 Å². The maximum absolute atomic E-state index is 14.2. The number of amidine groups is 2. The summed E-state index contributed by atoms with van der Waals surface area (Å²) >= 11 is 6.18. The summed E-state index contributed by atoms with van der Waals surface area (Å²) in [6, 6.07) is 9.37. The number of carbonyl (C=O) groups excluding carboxylic acids is 2. The minimum absolute atomic E-state index is 0.0406. The SMILES string of the molecule is CC(=O)NC1=N[C@](C)(c2ccc(F)c(-c3nccnc3F)c2)CCS1.CC(=O)NC1=N[C@](C)(c2ccc(F)c(Br)c2)CCS1. The third-order valence-corrected chi connectivity index (χ3v) is 9.31. The van der Waals surface area contributed by atoms with Gasteiger partial charge in [0.15, 0.2) is 10.3 Å². The molecule has 2 aromatic carbocycles. The highest BCUT2D eigenvalue weighted by Crippen LogP contribution is 2.38. The lowest BCUT2D eigenvalue weighted by Gasteiger charge is -2.31. The average molecular weight is 708 g/mol. The first kappa shape index (κ1) is 33.7. The zero-order valence-corrected chi connectivity index (χ0v) is 27.6. The maximum Gasteiger partial charge on any atom is 0.239 e. The molecule has 2 atom stereocenters. The molecule has 0 aliphatic carbocycles. The zero-order chi connectivity index (χ0) is 32.1. The van der Waals surface area contributed by atoms with Crippen LogP contribution < -0.4 is 10.6 Å². The molecule has 0 unspecified atom stereocenters. The van der Waals surface area contributed by atoms with E-state index in [1.54, 1.807) is 24.3 Å². The molecule has 2 aliphatic heterocycles. The summed E-state index contributed by atoms with van der Waals surface area (Å²) < 4.78 is 41.9. The zero-order valence-electron chi connectivity index (χ0n) is 24.4. The van der Waals surface area contributed by atoms with Crippen LogP contribution in [0.5, 0.6) is 0 Å². The van der Waals surface area contributed by atoms with E-state index >= 15 is 0 Å². The van der Waals surface area contributed by atoms with Crippen LogP contribution in [0.25, 0.3) is 11.3 Å². The molecule has 3 heterocycles. The van der Waals surface area contributed by atoms with Gasteiger partial charge in [0.05, 0.1) is 15.6 Å². The third kappa shape index (κ3) is 8.27. The molecule has 0 bridgehead atoms. The number of hydrogen-bond acceptors (Lipinski definition) is 8. The molecule has 8 nitrogen and oxygen atoms in total. The van der Waals surface area contributed by atoms with E-state index in [2.05, 4.69) is 46.5 Å². The molecule has 0 saturated heterocycles. The highest BCUT2D eigenvalue weighted by Gasteiger charge is 2.32. The van der Waals surface area contributed by atoms with Gasteiger partial charge in [0, 0.05) is 43.3 Å². The Morgan fingerprint density at radius 1 is 0.795 bits per heavy atom. The second-order valence-electron chi connectivity index (χ2n) is 10.5. The van der Waals surface area contributed by atoms with Crippen molar-refractivity contribution in [2.24, 2.45) is 9.98 Å². The summed E-state index contributed by atoms with van der Waals surface area (Å²) in [6.45, 7) is 6.78. The standard InChI is InChI=1S/C17H16F2N4OS.C13H14BrFN2OS/c1-10(24)22-16-23-17(2,5-8-25-16)11-3-4-13(18)12(9-11)14-15(19)21-7-6-20-14;1-8(18)16-12-17-13(2,5-6-19-12)9-3-4-11(15)10(14)7-9/h3-4,6-7,9H,5,8H2,1-2H3,(H,22,23,24);3-4,7H,5-6H2,1-2H3,(H,16,17,18)/t17-;13-/m00/s1. The molecule has 232 valence electrons. The summed E-state index contributed by atoms with van der Waals surface area (Å²) in [7, 11) is 0. The minimum Gasteiger partial charge on any atom is -0.306 e. The fourth-order valence-electron chi connectivity index (χ4n) is 4.54. The van der Waals surface area contributed by atoms with Gasteiger partial charge >= 0.3 is 0 Å². The third-order valence-electron chi connectivity index (χ3n) is 6.96. The van der Waals surface area contributed by atoms with E-state index in [9.17, 15) is 22.8 Å². The van der Waals surface area contributed by atoms with Gasteiger partial charge in [0.2, 0.25) is 17.8 Å². The smallest absolute Gasteiger partial charge is 0.239 e. The Morgan fingerprint density at radius 2 is 1.30 bits per heavy atom. The fourth-order valence-corrected chi connectivity index (χ4v) is 7.27. The molecule has 0 radical (unpaired) electrons. The molecule has 0 saturated carbocycles. The number of aliphatic imine (C=N–C) groups is 2. The highest BCUT2D eigenvalue weighted by atomic mass is 79.9. The lowest BCUT2D eigenvalue weighted by Crippen LogP contribution is -2.34. The second-order valence-corrected chi connectivity index (χ2v) is 13.5. The van der Waals surface area contributed by atoms with Gasteiger partial charge in [-0.25, -0.2) is 18.7 Å². The highest BCUT2D eigenvalue weighted by molar-refractivity contribution is 9.10. The van der Waals surface area contributed by atoms with Crippen molar-refractivity contribution < 1.29 is 22.8 Å². The molecule has 44 heavy (non-hydrogen) atoms. The van der Waals surface area contributed by atoms with E-state index in [1.165, 1.54) is 61.9 Å². The summed E-state index contributed by atoms with van der Waals surface area (Å²) in [6.07, 6.45) is 4.08. The molecular formula is C30H30BrF3N6O2S2. The van der Waals surface area contributed by atoms with Gasteiger partial charge in [0.1, 0.15) is 17.3 Å². The Morgan fingerprint density at radius 3 is 1.80 bits per heavy atom. The van der Waals surface area contributed by atoms with E-state index in [4.69, 9.17) is 0 Å². The summed E-state index contributed by atoms with van der Waals surface area (Å²) in [4.78, 5) is 39.0. The number of halogens is 4. The molecule has 5 rings (SSSR count). The Hall–Kier alpha value is -3.23. The molecule has 2 aliphatic rings. The maximum atomic E-state index is 14.2. The normalized spacial score (nSPS) is 21.3. The quantitative estimate of drug-likeness (QED) is 0.314. The van der Waals surface area contributed by atoms with Gasteiger partial charge in [-0.05, 0) is 78.0 Å². The van der Waals surface area contributed by atoms with Crippen molar-refractivity contribution in [3.8, 4) is 11.3 Å². The van der Waals surface area contributed by atoms with E-state index < -0.39 is 22.8 Å². The Labute approximate surface area is 270 Å². The van der Waals surface area contributed by atoms with Gasteiger partial charge in [-0.3, -0.25) is 19.6 Å². The first-order chi connectivity index (χ1) is 20.8. The van der Waals surface area contributed by atoms with Crippen molar-refractivity contribution in [1.29, 1.82) is 0 Å². The lowest BCUT2D eigenvalue weighted by atomic mass is 9.88. The first-order valence-corrected chi connectivity index (χ1v) is 16.3. The van der Waals surface area contributed by atoms with Crippen LogP contribution in [-0.2, 0) is 20.7 Å². The lowest BCUT2D eigenvalue weighted by molar-refractivity contribution is -0.118. The van der Waals surface area contributed by atoms with Crippen LogP contribution in [0, 0.1) is 17.6 Å². The summed E-state index contributed by atoms with van der Waals surface area (Å²) in [5.41, 5.74) is 0.477. The predicted molar refractivity (Wildman–Crippen MR) is 173 cm³/mol. The van der Waals surface area contributed by atoms with Gasteiger partial charge in [-0.2, -0.15) is 4.39 Å². The topological polar surface area (TPSA) is 109 Å². The molecular weight excluding hydrogens is 677 g/mol. The number of amides is 2. The molecule has 2 N–H and O–H groups in total. The molecule has 14 heteroatoms. The van der Waals surface area contributed by atoms with E-state index in [0.29, 0.717) is 21.2 Å². The molecule has 1 aromatic heterocycles. The van der Waals surface area contributed by atoms with Crippen molar-refractivity contribution in [2.75, 3.05) is 11.5 Å². The monoisotopic (exact) mass is 706 g/mol. The van der Waals surface area contributed by atoms with Crippen LogP contribution in [0.3, 0.4) is 0 Å². The van der Waals surface area contributed by atoms with Crippen LogP contribution in [0.4, 0.5) is 13.2 Å². The van der Waals surface area contributed by atoms with Crippen LogP contribution in [0.2, 0.25) is 0 Å². The Bertz CT molecular complexity index is 1640. The van der Waals surface area contributed by atoms with Crippen LogP contribution in [0.15, 0.2) is 63.2 Å². The van der Waals surface area contributed by atoms with Gasteiger partial charge in [0.25, 0.3) is 0 Å². The first-order valence-electron chi connectivity index (χ1n) is 13.5. The number of carbonyl (C=O) groups is 2. The van der Waals surface area contributed by atoms with Crippen molar-refractivity contribution in [2.45, 2.75) is 51.6 Å². The van der Waals surface area contributed by atoms with Gasteiger partial charge in [-0.15, -0.1) is 0 Å². The number of thioether (sulfide) groups is 2.